The highest BCUT2D eigenvalue weighted by atomic mass is 31.2. The molecular weight excluding hydrogens is 678 g/mol. The summed E-state index contributed by atoms with van der Waals surface area (Å²) in [5.74, 6) is 0. The van der Waals surface area contributed by atoms with Crippen LogP contribution >= 0.6 is 15.6 Å². The number of rotatable bonds is 14. The van der Waals surface area contributed by atoms with Crippen LogP contribution in [0.5, 0.6) is 0 Å². The van der Waals surface area contributed by atoms with Crippen molar-refractivity contribution < 1.29 is 71.2 Å². The monoisotopic (exact) mass is 736 g/mol. The van der Waals surface area contributed by atoms with Crippen LogP contribution in [-0.2, 0) is 45.9 Å². The van der Waals surface area contributed by atoms with Crippen LogP contribution in [0.2, 0.25) is 0 Å². The first-order valence-corrected chi connectivity index (χ1v) is 18.9. The molecule has 4 atom stereocenters. The lowest BCUT2D eigenvalue weighted by molar-refractivity contribution is -0.337. The number of hydroxylamine groups is 4. The van der Waals surface area contributed by atoms with Gasteiger partial charge in [-0.15, -0.1) is 0 Å². The molecule has 284 valence electrons. The molecule has 0 saturated carbocycles. The quantitative estimate of drug-likeness (QED) is 0.163. The smallest absolute Gasteiger partial charge is 0.375 e. The van der Waals surface area contributed by atoms with Gasteiger partial charge in [0.25, 0.3) is 0 Å². The number of hydrogen-bond donors (Lipinski definition) is 4. The molecule has 2 rings (SSSR count). The summed E-state index contributed by atoms with van der Waals surface area (Å²) in [5.41, 5.74) is -7.55. The molecular formula is C29H58N2O15P2. The van der Waals surface area contributed by atoms with Gasteiger partial charge in [0.2, 0.25) is 0 Å². The molecule has 4 unspecified atom stereocenters. The number of hydrogen-bond acceptors (Lipinski definition) is 17. The average Bonchev–Trinajstić information content (AvgIpc) is 3.24. The minimum atomic E-state index is -4.12. The van der Waals surface area contributed by atoms with Gasteiger partial charge in [-0.1, -0.05) is 10.1 Å². The molecule has 0 aromatic heterocycles. The summed E-state index contributed by atoms with van der Waals surface area (Å²) >= 11 is 0. The Morgan fingerprint density at radius 1 is 0.625 bits per heavy atom. The Kier molecular flexibility index (Phi) is 14.0. The summed E-state index contributed by atoms with van der Waals surface area (Å²) in [6.45, 7) is 19.3. The summed E-state index contributed by atoms with van der Waals surface area (Å²) in [4.78, 5) is 23.2. The Morgan fingerprint density at radius 3 is 1.15 bits per heavy atom. The third-order valence-corrected chi connectivity index (χ3v) is 10.4. The van der Waals surface area contributed by atoms with Gasteiger partial charge in [-0.2, -0.15) is 4.79 Å². The van der Waals surface area contributed by atoms with Crippen LogP contribution in [0.1, 0.15) is 122 Å². The Morgan fingerprint density at radius 2 is 0.896 bits per heavy atom. The molecule has 19 heteroatoms. The van der Waals surface area contributed by atoms with E-state index in [1.165, 1.54) is 0 Å². The van der Waals surface area contributed by atoms with Crippen LogP contribution in [0, 0.1) is 0 Å². The van der Waals surface area contributed by atoms with Gasteiger partial charge in [0.05, 0.1) is 35.6 Å². The number of aliphatic hydroxyl groups is 4. The number of aliphatic hydroxyl groups excluding tert-OH is 2. The zero-order valence-corrected chi connectivity index (χ0v) is 32.2. The second-order valence-corrected chi connectivity index (χ2v) is 19.0. The number of nitrogens with zero attached hydrogens (tertiary/aromatic N) is 2. The standard InChI is InChI=1S/C29H58N2O15P2/c1-24(2,3)43-47(37,44-25(4,5)6)39-19-17-28(35)15-13-21(32)30(28)41-23(34)42-31-22(33)14-16-29(31,36)18-20-40-48(38,45-26(7,8)9)46-27(10,11)12/h21-22,32-33,35-36H,13-20H2,1-12H3. The largest absolute Gasteiger partial charge is 0.548 e. The number of carbonyl (C=O) groups is 1. The Hall–Kier alpha value is -0.750. The van der Waals surface area contributed by atoms with Crippen molar-refractivity contribution in [2.45, 2.75) is 168 Å². The normalized spacial score (nSPS) is 27.1. The first kappa shape index (κ1) is 43.4. The van der Waals surface area contributed by atoms with E-state index in [0.29, 0.717) is 10.1 Å². The molecule has 0 radical (unpaired) electrons. The fourth-order valence-electron chi connectivity index (χ4n) is 4.80. The highest BCUT2D eigenvalue weighted by molar-refractivity contribution is 7.48. The third kappa shape index (κ3) is 14.1. The van der Waals surface area contributed by atoms with Gasteiger partial charge in [-0.25, -0.2) is 9.13 Å². The number of carbonyl (C=O) groups excluding carboxylic acids is 1. The molecule has 0 amide bonds. The first-order valence-electron chi connectivity index (χ1n) is 16.0. The van der Waals surface area contributed by atoms with Gasteiger partial charge in [-0.3, -0.25) is 27.1 Å². The maximum Gasteiger partial charge on any atom is 0.548 e. The van der Waals surface area contributed by atoms with E-state index in [9.17, 15) is 34.4 Å². The molecule has 0 aromatic rings. The van der Waals surface area contributed by atoms with Gasteiger partial charge >= 0.3 is 21.8 Å². The van der Waals surface area contributed by atoms with E-state index in [1.54, 1.807) is 83.1 Å². The van der Waals surface area contributed by atoms with Gasteiger partial charge in [0, 0.05) is 12.8 Å². The summed E-state index contributed by atoms with van der Waals surface area (Å²) < 4.78 is 60.1. The molecule has 0 spiro atoms. The van der Waals surface area contributed by atoms with Crippen molar-refractivity contribution in [2.24, 2.45) is 0 Å². The lowest BCUT2D eigenvalue weighted by atomic mass is 10.1. The van der Waals surface area contributed by atoms with E-state index in [4.69, 9.17) is 36.8 Å². The average molecular weight is 737 g/mol. The maximum absolute atomic E-state index is 13.4. The SMILES string of the molecule is CC(C)(C)OP(=O)(OCCC1(O)CCC(O)N1OC(=O)ON1C(O)CCC1(O)CCOP(=O)(OC(C)(C)C)OC(C)(C)C)OC(C)(C)C. The summed E-state index contributed by atoms with van der Waals surface area (Å²) in [6, 6.07) is 0. The fraction of sp³-hybridized carbons (Fsp3) is 0.966. The minimum absolute atomic E-state index is 0.0145. The predicted molar refractivity (Wildman–Crippen MR) is 171 cm³/mol. The second kappa shape index (κ2) is 15.5. The van der Waals surface area contributed by atoms with Crippen molar-refractivity contribution >= 4 is 21.8 Å². The van der Waals surface area contributed by atoms with E-state index in [0.717, 1.165) is 0 Å². The van der Waals surface area contributed by atoms with Crippen LogP contribution in [0.3, 0.4) is 0 Å². The van der Waals surface area contributed by atoms with Crippen molar-refractivity contribution in [2.75, 3.05) is 13.2 Å². The third-order valence-electron chi connectivity index (χ3n) is 6.36. The summed E-state index contributed by atoms with van der Waals surface area (Å²) in [6.07, 6.45) is -5.19. The van der Waals surface area contributed by atoms with Crippen molar-refractivity contribution in [3.63, 3.8) is 0 Å². The summed E-state index contributed by atoms with van der Waals surface area (Å²) in [7, 11) is -8.25. The zero-order chi connectivity index (χ0) is 37.2. The number of phosphoric ester groups is 2. The van der Waals surface area contributed by atoms with E-state index in [1.807, 2.05) is 0 Å². The molecule has 17 nitrogen and oxygen atoms in total. The molecule has 4 N–H and O–H groups in total. The van der Waals surface area contributed by atoms with Crippen LogP contribution < -0.4 is 0 Å². The molecule has 0 bridgehead atoms. The lowest BCUT2D eigenvalue weighted by Crippen LogP contribution is -2.52. The van der Waals surface area contributed by atoms with Gasteiger partial charge in [0.15, 0.2) is 11.4 Å². The van der Waals surface area contributed by atoms with E-state index >= 15 is 0 Å². The van der Waals surface area contributed by atoms with Crippen LogP contribution in [0.25, 0.3) is 0 Å². The van der Waals surface area contributed by atoms with Gasteiger partial charge < -0.3 is 30.1 Å². The molecule has 2 aliphatic heterocycles. The highest BCUT2D eigenvalue weighted by Gasteiger charge is 2.52. The Labute approximate surface area is 284 Å². The molecule has 2 aliphatic rings. The van der Waals surface area contributed by atoms with Crippen LogP contribution in [0.4, 0.5) is 4.79 Å². The molecule has 48 heavy (non-hydrogen) atoms. The Bertz CT molecular complexity index is 1050. The van der Waals surface area contributed by atoms with Crippen molar-refractivity contribution in [1.29, 1.82) is 0 Å². The highest BCUT2D eigenvalue weighted by Crippen LogP contribution is 2.57. The molecule has 0 aromatic carbocycles. The van der Waals surface area contributed by atoms with E-state index in [-0.39, 0.29) is 51.7 Å². The Balaban J connectivity index is 2.09. The van der Waals surface area contributed by atoms with Crippen molar-refractivity contribution in [1.82, 2.24) is 10.1 Å². The second-order valence-electron chi connectivity index (χ2n) is 16.0. The lowest BCUT2D eigenvalue weighted by Gasteiger charge is -2.36. The van der Waals surface area contributed by atoms with E-state index in [2.05, 4.69) is 0 Å². The zero-order valence-electron chi connectivity index (χ0n) is 30.4. The van der Waals surface area contributed by atoms with Gasteiger partial charge in [-0.05, 0) is 109 Å². The molecule has 2 heterocycles. The maximum atomic E-state index is 13.4. The van der Waals surface area contributed by atoms with E-state index < -0.39 is 68.1 Å². The van der Waals surface area contributed by atoms with Crippen LogP contribution in [0.15, 0.2) is 0 Å². The first-order chi connectivity index (χ1) is 21.4. The van der Waals surface area contributed by atoms with Crippen molar-refractivity contribution in [3.8, 4) is 0 Å². The fourth-order valence-corrected chi connectivity index (χ4v) is 8.39. The number of phosphoric acid groups is 2. The van der Waals surface area contributed by atoms with Crippen molar-refractivity contribution in [3.05, 3.63) is 0 Å². The molecule has 2 fully saturated rings. The summed E-state index contributed by atoms with van der Waals surface area (Å²) in [5, 5.41) is 44.8. The van der Waals surface area contributed by atoms with Gasteiger partial charge in [0.1, 0.15) is 12.5 Å². The molecule has 2 saturated heterocycles. The minimum Gasteiger partial charge on any atom is -0.375 e. The predicted octanol–water partition coefficient (Wildman–Crippen LogP) is 5.47. The topological polar surface area (TPSA) is 212 Å². The van der Waals surface area contributed by atoms with Crippen LogP contribution in [-0.4, -0.2) is 96.2 Å². The molecule has 0 aliphatic carbocycles.